The van der Waals surface area contributed by atoms with Gasteiger partial charge >= 0.3 is 0 Å². The molecule has 9 heteroatoms. The Labute approximate surface area is 172 Å². The number of halogens is 3. The first-order chi connectivity index (χ1) is 14.7. The second-order valence-corrected chi connectivity index (χ2v) is 6.89. The fourth-order valence-electron chi connectivity index (χ4n) is 3.18. The summed E-state index contributed by atoms with van der Waals surface area (Å²) in [7, 11) is 0. The maximum atomic E-state index is 14.1. The molecular weight excluding hydrogens is 411 g/mol. The van der Waals surface area contributed by atoms with Crippen LogP contribution in [-0.2, 0) is 0 Å². The highest BCUT2D eigenvalue weighted by Gasteiger charge is 2.18. The number of hydrogen-bond donors (Lipinski definition) is 3. The molecule has 6 nitrogen and oxygen atoms in total. The monoisotopic (exact) mass is 425 g/mol. The third-order valence-corrected chi connectivity index (χ3v) is 4.80. The van der Waals surface area contributed by atoms with E-state index in [9.17, 15) is 27.6 Å². The van der Waals surface area contributed by atoms with Crippen LogP contribution >= 0.6 is 0 Å². The van der Waals surface area contributed by atoms with Gasteiger partial charge in [-0.2, -0.15) is 0 Å². The predicted octanol–water partition coefficient (Wildman–Crippen LogP) is 3.48. The molecule has 31 heavy (non-hydrogen) atoms. The minimum atomic E-state index is -0.914. The van der Waals surface area contributed by atoms with Gasteiger partial charge in [0.1, 0.15) is 17.5 Å². The molecule has 0 fully saturated rings. The number of nitrogens with one attached hydrogen (secondary N) is 3. The van der Waals surface area contributed by atoms with Crippen LogP contribution in [0.2, 0.25) is 0 Å². The SMILES string of the molecule is Cc1ccc(C(=O)NNC(=O)c2cc(F)cc3c(=O)c4cc(F)ccc4[nH]c23)cc1F. The fourth-order valence-corrected chi connectivity index (χ4v) is 3.18. The van der Waals surface area contributed by atoms with E-state index < -0.39 is 34.7 Å². The molecule has 0 bridgehead atoms. The first-order valence-electron chi connectivity index (χ1n) is 9.06. The van der Waals surface area contributed by atoms with E-state index in [4.69, 9.17) is 0 Å². The van der Waals surface area contributed by atoms with Crippen LogP contribution in [0.4, 0.5) is 13.2 Å². The van der Waals surface area contributed by atoms with Crippen molar-refractivity contribution in [2.45, 2.75) is 6.92 Å². The van der Waals surface area contributed by atoms with Crippen LogP contribution in [0, 0.1) is 24.4 Å². The van der Waals surface area contributed by atoms with Crippen molar-refractivity contribution < 1.29 is 22.8 Å². The van der Waals surface area contributed by atoms with Crippen molar-refractivity contribution in [3.8, 4) is 0 Å². The Bertz CT molecular complexity index is 1450. The Morgan fingerprint density at radius 2 is 1.55 bits per heavy atom. The van der Waals surface area contributed by atoms with Gasteiger partial charge in [0.2, 0.25) is 0 Å². The van der Waals surface area contributed by atoms with E-state index in [1.54, 1.807) is 0 Å². The molecule has 4 aromatic rings. The molecule has 0 saturated heterocycles. The first-order valence-corrected chi connectivity index (χ1v) is 9.06. The fraction of sp³-hybridized carbons (Fsp3) is 0.0455. The third-order valence-electron chi connectivity index (χ3n) is 4.80. The number of H-pyrrole nitrogens is 1. The Balaban J connectivity index is 1.69. The van der Waals surface area contributed by atoms with Crippen LogP contribution in [0.3, 0.4) is 0 Å². The van der Waals surface area contributed by atoms with E-state index in [2.05, 4.69) is 15.8 Å². The van der Waals surface area contributed by atoms with Crippen molar-refractivity contribution in [2.75, 3.05) is 0 Å². The molecule has 1 heterocycles. The van der Waals surface area contributed by atoms with E-state index in [1.807, 2.05) is 0 Å². The number of benzene rings is 3. The maximum absolute atomic E-state index is 14.1. The van der Waals surface area contributed by atoms with Gasteiger partial charge in [-0.25, -0.2) is 13.2 Å². The number of pyridine rings is 1. The Kier molecular flexibility index (Phi) is 4.94. The molecule has 4 rings (SSSR count). The van der Waals surface area contributed by atoms with Crippen molar-refractivity contribution in [3.63, 3.8) is 0 Å². The van der Waals surface area contributed by atoms with Crippen LogP contribution in [0.15, 0.2) is 53.3 Å². The Morgan fingerprint density at radius 1 is 0.839 bits per heavy atom. The molecule has 1 aromatic heterocycles. The predicted molar refractivity (Wildman–Crippen MR) is 108 cm³/mol. The molecular formula is C22H14F3N3O3. The number of hydrogen-bond acceptors (Lipinski definition) is 3. The second kappa shape index (κ2) is 7.60. The van der Waals surface area contributed by atoms with Gasteiger partial charge in [-0.1, -0.05) is 6.07 Å². The quantitative estimate of drug-likeness (QED) is 0.339. The average Bonchev–Trinajstić information content (AvgIpc) is 2.74. The van der Waals surface area contributed by atoms with Crippen LogP contribution < -0.4 is 16.3 Å². The number of fused-ring (bicyclic) bond motifs is 2. The van der Waals surface area contributed by atoms with Crippen LogP contribution in [0.5, 0.6) is 0 Å². The number of aromatic amines is 1. The summed E-state index contributed by atoms with van der Waals surface area (Å²) in [4.78, 5) is 40.3. The van der Waals surface area contributed by atoms with Crippen LogP contribution in [0.1, 0.15) is 26.3 Å². The Morgan fingerprint density at radius 3 is 2.29 bits per heavy atom. The average molecular weight is 425 g/mol. The molecule has 0 unspecified atom stereocenters. The lowest BCUT2D eigenvalue weighted by atomic mass is 10.1. The van der Waals surface area contributed by atoms with Crippen molar-refractivity contribution in [3.05, 3.63) is 92.9 Å². The highest BCUT2D eigenvalue weighted by molar-refractivity contribution is 6.08. The number of carbonyl (C=O) groups excluding carboxylic acids is 2. The molecule has 0 radical (unpaired) electrons. The number of rotatable bonds is 2. The van der Waals surface area contributed by atoms with Gasteiger partial charge in [-0.3, -0.25) is 25.2 Å². The van der Waals surface area contributed by atoms with Crippen LogP contribution in [-0.4, -0.2) is 16.8 Å². The molecule has 0 aliphatic rings. The number of aryl methyl sites for hydroxylation is 1. The van der Waals surface area contributed by atoms with E-state index in [0.29, 0.717) is 5.56 Å². The van der Waals surface area contributed by atoms with Gasteiger partial charge < -0.3 is 4.98 Å². The van der Waals surface area contributed by atoms with E-state index in [1.165, 1.54) is 25.1 Å². The van der Waals surface area contributed by atoms with E-state index >= 15 is 0 Å². The van der Waals surface area contributed by atoms with Gasteiger partial charge in [-0.15, -0.1) is 0 Å². The highest BCUT2D eigenvalue weighted by atomic mass is 19.1. The molecule has 0 saturated carbocycles. The summed E-state index contributed by atoms with van der Waals surface area (Å²) < 4.78 is 41.3. The third kappa shape index (κ3) is 3.73. The molecule has 0 aliphatic heterocycles. The lowest BCUT2D eigenvalue weighted by Crippen LogP contribution is -2.41. The van der Waals surface area contributed by atoms with Gasteiger partial charge in [0, 0.05) is 21.9 Å². The molecule has 0 spiro atoms. The maximum Gasteiger partial charge on any atom is 0.271 e. The van der Waals surface area contributed by atoms with Gasteiger partial charge in [-0.05, 0) is 55.0 Å². The van der Waals surface area contributed by atoms with Gasteiger partial charge in [0.05, 0.1) is 11.1 Å². The summed E-state index contributed by atoms with van der Waals surface area (Å²) in [5, 5.41) is -0.158. The van der Waals surface area contributed by atoms with Crippen molar-refractivity contribution in [1.29, 1.82) is 0 Å². The number of carbonyl (C=O) groups is 2. The summed E-state index contributed by atoms with van der Waals surface area (Å²) in [6.45, 7) is 1.53. The van der Waals surface area contributed by atoms with Crippen molar-refractivity contribution in [1.82, 2.24) is 15.8 Å². The molecule has 3 aromatic carbocycles. The first kappa shape index (κ1) is 20.1. The zero-order chi connectivity index (χ0) is 22.3. The normalized spacial score (nSPS) is 11.0. The standard InChI is InChI=1S/C22H14F3N3O3/c1-10-2-3-11(6-17(10)25)21(30)27-28-22(31)16-9-13(24)8-15-19(16)26-18-5-4-12(23)7-14(18)20(15)29/h2-9H,1H3,(H,26,29)(H,27,30)(H,28,31). The summed E-state index contributed by atoms with van der Waals surface area (Å²) >= 11 is 0. The van der Waals surface area contributed by atoms with E-state index in [0.717, 1.165) is 30.3 Å². The number of aromatic nitrogens is 1. The smallest absolute Gasteiger partial charge is 0.271 e. The molecule has 156 valence electrons. The summed E-state index contributed by atoms with van der Waals surface area (Å²) in [6.07, 6.45) is 0. The minimum Gasteiger partial charge on any atom is -0.354 e. The van der Waals surface area contributed by atoms with Crippen LogP contribution in [0.25, 0.3) is 21.8 Å². The van der Waals surface area contributed by atoms with Crippen molar-refractivity contribution >= 4 is 33.6 Å². The number of amides is 2. The summed E-state index contributed by atoms with van der Waals surface area (Å²) in [5.41, 5.74) is 3.90. The largest absolute Gasteiger partial charge is 0.354 e. The van der Waals surface area contributed by atoms with E-state index in [-0.39, 0.29) is 32.9 Å². The minimum absolute atomic E-state index is 0.000779. The molecule has 0 atom stereocenters. The van der Waals surface area contributed by atoms with Gasteiger partial charge in [0.15, 0.2) is 5.43 Å². The zero-order valence-corrected chi connectivity index (χ0v) is 16.0. The molecule has 3 N–H and O–H groups in total. The van der Waals surface area contributed by atoms with Gasteiger partial charge in [0.25, 0.3) is 11.8 Å². The molecule has 0 aliphatic carbocycles. The topological polar surface area (TPSA) is 91.1 Å². The molecule has 2 amide bonds. The zero-order valence-electron chi connectivity index (χ0n) is 16.0. The second-order valence-electron chi connectivity index (χ2n) is 6.89. The Hall–Kier alpha value is -4.14. The highest BCUT2D eigenvalue weighted by Crippen LogP contribution is 2.20. The summed E-state index contributed by atoms with van der Waals surface area (Å²) in [5.74, 6) is -3.80. The van der Waals surface area contributed by atoms with Crippen molar-refractivity contribution in [2.24, 2.45) is 0 Å². The lowest BCUT2D eigenvalue weighted by Gasteiger charge is -2.11. The number of hydrazine groups is 1. The summed E-state index contributed by atoms with van der Waals surface area (Å²) in [6, 6.07) is 9.09. The lowest BCUT2D eigenvalue weighted by molar-refractivity contribution is 0.0847.